The van der Waals surface area contributed by atoms with Gasteiger partial charge in [0, 0.05) is 18.9 Å². The normalized spacial score (nSPS) is 10.2. The Balaban J connectivity index is 1.84. The number of rotatable bonds is 4. The average Bonchev–Trinajstić information content (AvgIpc) is 2.77. The van der Waals surface area contributed by atoms with Crippen molar-refractivity contribution in [3.05, 3.63) is 53.2 Å². The lowest BCUT2D eigenvalue weighted by molar-refractivity contribution is 0.0953. The van der Waals surface area contributed by atoms with E-state index in [-0.39, 0.29) is 11.1 Å². The molecule has 2 heterocycles. The van der Waals surface area contributed by atoms with Crippen molar-refractivity contribution in [3.63, 3.8) is 0 Å². The summed E-state index contributed by atoms with van der Waals surface area (Å²) >= 11 is 5.69. The van der Waals surface area contributed by atoms with Gasteiger partial charge in [-0.25, -0.2) is 0 Å². The zero-order valence-electron chi connectivity index (χ0n) is 9.02. The summed E-state index contributed by atoms with van der Waals surface area (Å²) in [6.07, 6.45) is 5.61. The van der Waals surface area contributed by atoms with Crippen LogP contribution in [-0.4, -0.2) is 17.4 Å². The summed E-state index contributed by atoms with van der Waals surface area (Å²) in [5.41, 5.74) is 1.43. The van der Waals surface area contributed by atoms with Gasteiger partial charge in [-0.15, -0.1) is 0 Å². The Morgan fingerprint density at radius 2 is 2.35 bits per heavy atom. The second-order valence-corrected chi connectivity index (χ2v) is 3.82. The van der Waals surface area contributed by atoms with Gasteiger partial charge in [0.25, 0.3) is 5.91 Å². The first-order valence-corrected chi connectivity index (χ1v) is 5.55. The first kappa shape index (κ1) is 11.7. The Labute approximate surface area is 104 Å². The zero-order chi connectivity index (χ0) is 12.1. The molecule has 0 bridgehead atoms. The molecular weight excluding hydrogens is 240 g/mol. The van der Waals surface area contributed by atoms with Crippen LogP contribution in [0, 0.1) is 0 Å². The standard InChI is InChI=1S/C12H11ClN2O2/c13-11-10(4-7-17-11)12(16)15-6-3-9-2-1-5-14-8-9/h1-2,4-5,7-8H,3,6H2,(H,15,16). The molecule has 0 radical (unpaired) electrons. The first-order chi connectivity index (χ1) is 8.27. The van der Waals surface area contributed by atoms with Crippen LogP contribution >= 0.6 is 11.6 Å². The highest BCUT2D eigenvalue weighted by Gasteiger charge is 2.11. The largest absolute Gasteiger partial charge is 0.452 e. The molecule has 17 heavy (non-hydrogen) atoms. The van der Waals surface area contributed by atoms with Crippen LogP contribution in [0.5, 0.6) is 0 Å². The third-order valence-electron chi connectivity index (χ3n) is 2.28. The molecule has 1 amide bonds. The molecule has 1 N–H and O–H groups in total. The lowest BCUT2D eigenvalue weighted by atomic mass is 10.2. The van der Waals surface area contributed by atoms with Crippen molar-refractivity contribution in [1.29, 1.82) is 0 Å². The highest BCUT2D eigenvalue weighted by Crippen LogP contribution is 2.15. The Hall–Kier alpha value is -1.81. The van der Waals surface area contributed by atoms with E-state index in [1.165, 1.54) is 6.26 Å². The molecule has 5 heteroatoms. The van der Waals surface area contributed by atoms with Gasteiger partial charge in [0.2, 0.25) is 5.22 Å². The van der Waals surface area contributed by atoms with Crippen LogP contribution in [0.15, 0.2) is 41.3 Å². The molecule has 4 nitrogen and oxygen atoms in total. The minimum Gasteiger partial charge on any atom is -0.452 e. The van der Waals surface area contributed by atoms with Crippen molar-refractivity contribution in [2.24, 2.45) is 0 Å². The number of hydrogen-bond acceptors (Lipinski definition) is 3. The van der Waals surface area contributed by atoms with Gasteiger partial charge in [0.05, 0.1) is 11.8 Å². The van der Waals surface area contributed by atoms with Crippen LogP contribution in [0.25, 0.3) is 0 Å². The van der Waals surface area contributed by atoms with Crippen molar-refractivity contribution >= 4 is 17.5 Å². The third kappa shape index (κ3) is 3.07. The summed E-state index contributed by atoms with van der Waals surface area (Å²) in [5.74, 6) is -0.229. The third-order valence-corrected chi connectivity index (χ3v) is 2.58. The number of nitrogens with one attached hydrogen (secondary N) is 1. The molecular formula is C12H11ClN2O2. The second-order valence-electron chi connectivity index (χ2n) is 3.48. The monoisotopic (exact) mass is 250 g/mol. The molecule has 0 aliphatic rings. The second kappa shape index (κ2) is 5.50. The first-order valence-electron chi connectivity index (χ1n) is 5.17. The molecule has 0 spiro atoms. The number of carbonyl (C=O) groups is 1. The number of pyridine rings is 1. The Morgan fingerprint density at radius 1 is 1.47 bits per heavy atom. The smallest absolute Gasteiger partial charge is 0.256 e. The Kier molecular flexibility index (Phi) is 3.77. The number of furan rings is 1. The van der Waals surface area contributed by atoms with Gasteiger partial charge in [-0.1, -0.05) is 6.07 Å². The molecule has 0 fully saturated rings. The maximum absolute atomic E-state index is 11.6. The van der Waals surface area contributed by atoms with Crippen molar-refractivity contribution < 1.29 is 9.21 Å². The molecule has 0 saturated carbocycles. The number of hydrogen-bond donors (Lipinski definition) is 1. The van der Waals surface area contributed by atoms with Crippen LogP contribution in [0.1, 0.15) is 15.9 Å². The number of amides is 1. The SMILES string of the molecule is O=C(NCCc1cccnc1)c1ccoc1Cl. The molecule has 2 aromatic rings. The molecule has 0 unspecified atom stereocenters. The van der Waals surface area contributed by atoms with Crippen molar-refractivity contribution in [2.75, 3.05) is 6.54 Å². The highest BCUT2D eigenvalue weighted by atomic mass is 35.5. The molecule has 2 rings (SSSR count). The molecule has 0 atom stereocenters. The predicted molar refractivity (Wildman–Crippen MR) is 64.0 cm³/mol. The van der Waals surface area contributed by atoms with E-state index in [9.17, 15) is 4.79 Å². The maximum Gasteiger partial charge on any atom is 0.256 e. The fraction of sp³-hybridized carbons (Fsp3) is 0.167. The molecule has 88 valence electrons. The van der Waals surface area contributed by atoms with E-state index in [4.69, 9.17) is 16.0 Å². The van der Waals surface area contributed by atoms with Gasteiger partial charge in [-0.05, 0) is 35.7 Å². The number of halogens is 1. The fourth-order valence-electron chi connectivity index (χ4n) is 1.42. The van der Waals surface area contributed by atoms with E-state index in [2.05, 4.69) is 10.3 Å². The molecule has 0 aliphatic heterocycles. The van der Waals surface area contributed by atoms with Crippen LogP contribution in [0.3, 0.4) is 0 Å². The van der Waals surface area contributed by atoms with Gasteiger partial charge in [-0.3, -0.25) is 9.78 Å². The van der Waals surface area contributed by atoms with E-state index in [0.29, 0.717) is 12.1 Å². The summed E-state index contributed by atoms with van der Waals surface area (Å²) < 4.78 is 4.84. The van der Waals surface area contributed by atoms with E-state index < -0.39 is 0 Å². The average molecular weight is 251 g/mol. The lowest BCUT2D eigenvalue weighted by Crippen LogP contribution is -2.25. The Morgan fingerprint density at radius 3 is 3.00 bits per heavy atom. The zero-order valence-corrected chi connectivity index (χ0v) is 9.78. The molecule has 0 aliphatic carbocycles. The fourth-order valence-corrected chi connectivity index (χ4v) is 1.62. The minimum atomic E-state index is -0.229. The summed E-state index contributed by atoms with van der Waals surface area (Å²) in [5, 5.41) is 2.88. The van der Waals surface area contributed by atoms with Crippen LogP contribution in [-0.2, 0) is 6.42 Å². The molecule has 0 aromatic carbocycles. The minimum absolute atomic E-state index is 0.115. The van der Waals surface area contributed by atoms with E-state index in [1.54, 1.807) is 18.5 Å². The van der Waals surface area contributed by atoms with Gasteiger partial charge in [0.1, 0.15) is 0 Å². The molecule has 2 aromatic heterocycles. The van der Waals surface area contributed by atoms with Crippen LogP contribution < -0.4 is 5.32 Å². The number of carbonyl (C=O) groups excluding carboxylic acids is 1. The van der Waals surface area contributed by atoms with Crippen LogP contribution in [0.4, 0.5) is 0 Å². The summed E-state index contributed by atoms with van der Waals surface area (Å²) in [6, 6.07) is 5.37. The quantitative estimate of drug-likeness (QED) is 0.906. The van der Waals surface area contributed by atoms with E-state index >= 15 is 0 Å². The van der Waals surface area contributed by atoms with Crippen LogP contribution in [0.2, 0.25) is 5.22 Å². The Bertz CT molecular complexity index is 496. The van der Waals surface area contributed by atoms with Crippen molar-refractivity contribution in [2.45, 2.75) is 6.42 Å². The molecule has 0 saturated heterocycles. The van der Waals surface area contributed by atoms with E-state index in [0.717, 1.165) is 12.0 Å². The lowest BCUT2D eigenvalue weighted by Gasteiger charge is -2.03. The number of nitrogens with zero attached hydrogens (tertiary/aromatic N) is 1. The summed E-state index contributed by atoms with van der Waals surface area (Å²) in [6.45, 7) is 0.534. The number of aromatic nitrogens is 1. The van der Waals surface area contributed by atoms with Gasteiger partial charge in [-0.2, -0.15) is 0 Å². The van der Waals surface area contributed by atoms with Gasteiger partial charge >= 0.3 is 0 Å². The van der Waals surface area contributed by atoms with Gasteiger partial charge < -0.3 is 9.73 Å². The maximum atomic E-state index is 11.6. The summed E-state index contributed by atoms with van der Waals surface area (Å²) in [4.78, 5) is 15.6. The summed E-state index contributed by atoms with van der Waals surface area (Å²) in [7, 11) is 0. The topological polar surface area (TPSA) is 55.1 Å². The highest BCUT2D eigenvalue weighted by molar-refractivity contribution is 6.32. The van der Waals surface area contributed by atoms with E-state index in [1.807, 2.05) is 12.1 Å². The van der Waals surface area contributed by atoms with Crippen molar-refractivity contribution in [3.8, 4) is 0 Å². The predicted octanol–water partition coefficient (Wildman–Crippen LogP) is 2.30. The van der Waals surface area contributed by atoms with Crippen molar-refractivity contribution in [1.82, 2.24) is 10.3 Å². The van der Waals surface area contributed by atoms with Gasteiger partial charge in [0.15, 0.2) is 0 Å².